The predicted molar refractivity (Wildman–Crippen MR) is 157 cm³/mol. The smallest absolute Gasteiger partial charge is 0.339 e. The average molecular weight is 576 g/mol. The normalized spacial score (nSPS) is 16.8. The molecule has 2 atom stereocenters. The van der Waals surface area contributed by atoms with E-state index >= 15 is 0 Å². The van der Waals surface area contributed by atoms with Gasteiger partial charge in [0.1, 0.15) is 5.56 Å². The molecule has 0 aliphatic heterocycles. The Morgan fingerprint density at radius 2 is 1.85 bits per heavy atom. The molecule has 0 spiro atoms. The minimum Gasteiger partial charge on any atom is -0.478 e. The molecule has 2 heterocycles. The van der Waals surface area contributed by atoms with Crippen molar-refractivity contribution in [2.24, 2.45) is 7.05 Å². The number of aromatic carboxylic acids is 1. The van der Waals surface area contributed by atoms with Crippen LogP contribution in [-0.4, -0.2) is 49.9 Å². The van der Waals surface area contributed by atoms with E-state index in [0.717, 1.165) is 48.8 Å². The lowest BCUT2D eigenvalue weighted by atomic mass is 10.1. The van der Waals surface area contributed by atoms with E-state index in [1.807, 2.05) is 62.8 Å². The SMILES string of the molecule is CCCCCCN(Cc1cccc(-n2ncc(C(=O)O)c2[C@@H]2C[C@H]2c2cnn(C)c2)c1)S(=O)(=O)c1ccccc1C. The summed E-state index contributed by atoms with van der Waals surface area (Å²) in [5.41, 5.74) is 4.17. The molecule has 41 heavy (non-hydrogen) atoms. The molecule has 0 radical (unpaired) electrons. The Hall–Kier alpha value is -3.76. The Balaban J connectivity index is 1.46. The van der Waals surface area contributed by atoms with Gasteiger partial charge in [-0.05, 0) is 60.6 Å². The van der Waals surface area contributed by atoms with Gasteiger partial charge >= 0.3 is 5.97 Å². The summed E-state index contributed by atoms with van der Waals surface area (Å²) in [6.07, 6.45) is 9.89. The zero-order valence-corrected chi connectivity index (χ0v) is 24.6. The van der Waals surface area contributed by atoms with Crippen LogP contribution in [0.5, 0.6) is 0 Å². The van der Waals surface area contributed by atoms with Crippen LogP contribution in [0.15, 0.2) is 72.0 Å². The van der Waals surface area contributed by atoms with E-state index in [-0.39, 0.29) is 23.9 Å². The quantitative estimate of drug-likeness (QED) is 0.206. The molecule has 216 valence electrons. The highest BCUT2D eigenvalue weighted by Gasteiger charge is 2.45. The second-order valence-electron chi connectivity index (χ2n) is 10.9. The van der Waals surface area contributed by atoms with Gasteiger partial charge in [-0.15, -0.1) is 0 Å². The van der Waals surface area contributed by atoms with Crippen LogP contribution >= 0.6 is 0 Å². The van der Waals surface area contributed by atoms with Gasteiger partial charge in [-0.25, -0.2) is 17.9 Å². The molecule has 1 aliphatic rings. The van der Waals surface area contributed by atoms with Crippen molar-refractivity contribution in [2.75, 3.05) is 6.54 Å². The number of benzene rings is 2. The Bertz CT molecular complexity index is 1640. The van der Waals surface area contributed by atoms with E-state index in [1.54, 1.807) is 25.8 Å². The van der Waals surface area contributed by atoms with Gasteiger partial charge in [0.2, 0.25) is 10.0 Å². The standard InChI is InChI=1S/C31H37N5O4S/c1-4-5-6-9-15-35(41(39,40)29-14-8-7-11-22(29)2)20-23-12-10-13-25(16-23)36-30(28(19-33-36)31(37)38)27-17-26(27)24-18-32-34(3)21-24/h7-8,10-14,16,18-19,21,26-27H,4-6,9,15,17,20H2,1-3H3,(H,37,38)/t26-,27+/m0/s1. The minimum absolute atomic E-state index is 0.00736. The highest BCUT2D eigenvalue weighted by molar-refractivity contribution is 7.89. The van der Waals surface area contributed by atoms with Gasteiger partial charge in [-0.1, -0.05) is 56.5 Å². The van der Waals surface area contributed by atoms with Gasteiger partial charge in [0.15, 0.2) is 0 Å². The molecule has 0 bridgehead atoms. The second kappa shape index (κ2) is 12.0. The number of unbranched alkanes of at least 4 members (excludes halogenated alkanes) is 3. The molecule has 5 rings (SSSR count). The van der Waals surface area contributed by atoms with Crippen molar-refractivity contribution in [1.82, 2.24) is 23.9 Å². The molecule has 0 unspecified atom stereocenters. The molecule has 0 saturated heterocycles. The molecule has 1 fully saturated rings. The van der Waals surface area contributed by atoms with Crippen LogP contribution in [0.4, 0.5) is 0 Å². The lowest BCUT2D eigenvalue weighted by Gasteiger charge is -2.23. The van der Waals surface area contributed by atoms with E-state index in [4.69, 9.17) is 0 Å². The summed E-state index contributed by atoms with van der Waals surface area (Å²) in [6, 6.07) is 14.7. The Kier molecular flexibility index (Phi) is 8.42. The number of rotatable bonds is 13. The van der Waals surface area contributed by atoms with E-state index in [1.165, 1.54) is 6.20 Å². The van der Waals surface area contributed by atoms with Gasteiger partial charge in [0, 0.05) is 32.3 Å². The van der Waals surface area contributed by atoms with Gasteiger partial charge in [-0.3, -0.25) is 4.68 Å². The lowest BCUT2D eigenvalue weighted by Crippen LogP contribution is -2.32. The number of nitrogens with zero attached hydrogens (tertiary/aromatic N) is 5. The van der Waals surface area contributed by atoms with Crippen LogP contribution in [0.2, 0.25) is 0 Å². The van der Waals surface area contributed by atoms with Crippen molar-refractivity contribution in [3.8, 4) is 5.69 Å². The second-order valence-corrected chi connectivity index (χ2v) is 12.8. The number of hydrogen-bond donors (Lipinski definition) is 1. The van der Waals surface area contributed by atoms with Crippen molar-refractivity contribution < 1.29 is 18.3 Å². The topological polar surface area (TPSA) is 110 Å². The van der Waals surface area contributed by atoms with Crippen LogP contribution in [0.1, 0.15) is 83.6 Å². The van der Waals surface area contributed by atoms with Crippen molar-refractivity contribution in [3.05, 3.63) is 95.1 Å². The number of aromatic nitrogens is 4. The highest BCUT2D eigenvalue weighted by Crippen LogP contribution is 2.55. The number of carbonyl (C=O) groups is 1. The van der Waals surface area contributed by atoms with Crippen molar-refractivity contribution in [1.29, 1.82) is 0 Å². The first-order chi connectivity index (χ1) is 19.7. The molecule has 4 aromatic rings. The summed E-state index contributed by atoms with van der Waals surface area (Å²) in [5, 5.41) is 18.7. The zero-order chi connectivity index (χ0) is 29.1. The van der Waals surface area contributed by atoms with E-state index in [9.17, 15) is 18.3 Å². The van der Waals surface area contributed by atoms with Gasteiger partial charge in [-0.2, -0.15) is 14.5 Å². The molecule has 2 aromatic carbocycles. The molecule has 1 saturated carbocycles. The average Bonchev–Trinajstić information content (AvgIpc) is 3.39. The van der Waals surface area contributed by atoms with Crippen LogP contribution in [-0.2, 0) is 23.6 Å². The summed E-state index contributed by atoms with van der Waals surface area (Å²) in [7, 11) is -1.86. The highest BCUT2D eigenvalue weighted by atomic mass is 32.2. The van der Waals surface area contributed by atoms with E-state index in [0.29, 0.717) is 22.8 Å². The Morgan fingerprint density at radius 3 is 2.56 bits per heavy atom. The fourth-order valence-electron chi connectivity index (χ4n) is 5.56. The first-order valence-electron chi connectivity index (χ1n) is 14.2. The van der Waals surface area contributed by atoms with Crippen LogP contribution in [0, 0.1) is 6.92 Å². The number of carboxylic acid groups (broad SMARTS) is 1. The first-order valence-corrected chi connectivity index (χ1v) is 15.6. The number of sulfonamides is 1. The van der Waals surface area contributed by atoms with Gasteiger partial charge < -0.3 is 5.11 Å². The minimum atomic E-state index is -3.72. The number of carboxylic acids is 1. The summed E-state index contributed by atoms with van der Waals surface area (Å²) in [4.78, 5) is 12.5. The van der Waals surface area contributed by atoms with Gasteiger partial charge in [0.25, 0.3) is 0 Å². The number of aryl methyl sites for hydroxylation is 2. The lowest BCUT2D eigenvalue weighted by molar-refractivity contribution is 0.0695. The Morgan fingerprint density at radius 1 is 1.05 bits per heavy atom. The summed E-state index contributed by atoms with van der Waals surface area (Å²) >= 11 is 0. The monoisotopic (exact) mass is 575 g/mol. The fourth-order valence-corrected chi connectivity index (χ4v) is 7.25. The summed E-state index contributed by atoms with van der Waals surface area (Å²) in [6.45, 7) is 4.58. The van der Waals surface area contributed by atoms with Crippen molar-refractivity contribution >= 4 is 16.0 Å². The molecular formula is C31H37N5O4S. The molecule has 2 aromatic heterocycles. The van der Waals surface area contributed by atoms with Crippen LogP contribution in [0.25, 0.3) is 5.69 Å². The largest absolute Gasteiger partial charge is 0.478 e. The Labute approximate surface area is 241 Å². The van der Waals surface area contributed by atoms with Crippen molar-refractivity contribution in [2.45, 2.75) is 69.2 Å². The third-order valence-electron chi connectivity index (χ3n) is 7.82. The van der Waals surface area contributed by atoms with Crippen molar-refractivity contribution in [3.63, 3.8) is 0 Å². The first kappa shape index (κ1) is 28.8. The molecule has 1 aliphatic carbocycles. The molecule has 10 heteroatoms. The molecule has 9 nitrogen and oxygen atoms in total. The predicted octanol–water partition coefficient (Wildman–Crippen LogP) is 5.65. The van der Waals surface area contributed by atoms with Gasteiger partial charge in [0.05, 0.1) is 28.7 Å². The zero-order valence-electron chi connectivity index (χ0n) is 23.8. The third-order valence-corrected chi connectivity index (χ3v) is 9.82. The maximum atomic E-state index is 13.8. The molecule has 0 amide bonds. The third kappa shape index (κ3) is 6.13. The maximum Gasteiger partial charge on any atom is 0.339 e. The van der Waals surface area contributed by atoms with Crippen LogP contribution < -0.4 is 0 Å². The number of hydrogen-bond acceptors (Lipinski definition) is 5. The summed E-state index contributed by atoms with van der Waals surface area (Å²) < 4.78 is 32.7. The maximum absolute atomic E-state index is 13.8. The molecular weight excluding hydrogens is 538 g/mol. The fraction of sp³-hybridized carbons (Fsp3) is 0.387. The van der Waals surface area contributed by atoms with Crippen LogP contribution in [0.3, 0.4) is 0 Å². The van der Waals surface area contributed by atoms with E-state index < -0.39 is 16.0 Å². The summed E-state index contributed by atoms with van der Waals surface area (Å²) in [5.74, 6) is -0.826. The van der Waals surface area contributed by atoms with E-state index in [2.05, 4.69) is 17.1 Å². The molecule has 1 N–H and O–H groups in total.